The third kappa shape index (κ3) is 3.09. The van der Waals surface area contributed by atoms with Crippen molar-refractivity contribution in [2.45, 2.75) is 45.1 Å². The minimum atomic E-state index is 0.469. The Balaban J connectivity index is 1.99. The maximum absolute atomic E-state index is 5.87. The third-order valence-electron chi connectivity index (χ3n) is 3.90. The van der Waals surface area contributed by atoms with Crippen LogP contribution in [0.25, 0.3) is 0 Å². The van der Waals surface area contributed by atoms with Gasteiger partial charge in [0.1, 0.15) is 11.0 Å². The van der Waals surface area contributed by atoms with Crippen LogP contribution in [0.15, 0.2) is 12.4 Å². The molecule has 1 saturated carbocycles. The Hall–Kier alpha value is -0.830. The van der Waals surface area contributed by atoms with Gasteiger partial charge in [-0.2, -0.15) is 0 Å². The fourth-order valence-corrected chi connectivity index (χ4v) is 2.77. The zero-order valence-corrected chi connectivity index (χ0v) is 11.3. The predicted octanol–water partition coefficient (Wildman–Crippen LogP) is 3.54. The van der Waals surface area contributed by atoms with Gasteiger partial charge in [0.25, 0.3) is 0 Å². The molecule has 0 bridgehead atoms. The van der Waals surface area contributed by atoms with Crippen LogP contribution in [0.1, 0.15) is 39.0 Å². The summed E-state index contributed by atoms with van der Waals surface area (Å²) >= 11 is 5.87. The van der Waals surface area contributed by atoms with E-state index >= 15 is 0 Å². The van der Waals surface area contributed by atoms with Gasteiger partial charge in [0, 0.05) is 13.1 Å². The van der Waals surface area contributed by atoms with E-state index in [1.54, 1.807) is 12.4 Å². The van der Waals surface area contributed by atoms with E-state index in [0.717, 1.165) is 11.7 Å². The molecule has 1 aromatic heterocycles. The number of rotatable bonds is 3. The summed E-state index contributed by atoms with van der Waals surface area (Å²) in [6, 6.07) is 0.588. The molecule has 0 aromatic carbocycles. The molecule has 0 atom stereocenters. The van der Waals surface area contributed by atoms with Gasteiger partial charge in [-0.3, -0.25) is 4.98 Å². The molecule has 17 heavy (non-hydrogen) atoms. The first-order chi connectivity index (χ1) is 8.20. The molecule has 0 amide bonds. The smallest absolute Gasteiger partial charge is 0.149 e. The topological polar surface area (TPSA) is 29.0 Å². The molecule has 94 valence electrons. The average molecular weight is 254 g/mol. The first-order valence-corrected chi connectivity index (χ1v) is 6.79. The highest BCUT2D eigenvalue weighted by atomic mass is 35.5. The average Bonchev–Trinajstić information content (AvgIpc) is 2.38. The molecule has 4 heteroatoms. The molecular weight excluding hydrogens is 234 g/mol. The third-order valence-corrected chi connectivity index (χ3v) is 4.08. The lowest BCUT2D eigenvalue weighted by Crippen LogP contribution is -2.35. The lowest BCUT2D eigenvalue weighted by atomic mass is 9.84. The normalized spacial score (nSPS) is 24.6. The van der Waals surface area contributed by atoms with Crippen LogP contribution in [-0.2, 0) is 0 Å². The van der Waals surface area contributed by atoms with Crippen molar-refractivity contribution in [1.29, 1.82) is 0 Å². The van der Waals surface area contributed by atoms with Crippen molar-refractivity contribution in [2.75, 3.05) is 11.9 Å². The van der Waals surface area contributed by atoms with Crippen LogP contribution < -0.4 is 4.90 Å². The quantitative estimate of drug-likeness (QED) is 0.825. The van der Waals surface area contributed by atoms with E-state index < -0.39 is 0 Å². The second-order valence-corrected chi connectivity index (χ2v) is 5.28. The standard InChI is InChI=1S/C13H20ClN3/c1-3-10-4-6-11(7-5-10)17(2)13-9-15-8-12(14)16-13/h8-11H,3-7H2,1-2H3. The zero-order chi connectivity index (χ0) is 12.3. The van der Waals surface area contributed by atoms with Crippen LogP contribution in [0.3, 0.4) is 0 Å². The van der Waals surface area contributed by atoms with Gasteiger partial charge in [-0.05, 0) is 31.6 Å². The molecule has 0 N–H and O–H groups in total. The summed E-state index contributed by atoms with van der Waals surface area (Å²) < 4.78 is 0. The van der Waals surface area contributed by atoms with E-state index in [-0.39, 0.29) is 0 Å². The molecule has 1 aromatic rings. The minimum absolute atomic E-state index is 0.469. The van der Waals surface area contributed by atoms with Gasteiger partial charge in [-0.15, -0.1) is 0 Å². The largest absolute Gasteiger partial charge is 0.355 e. The van der Waals surface area contributed by atoms with Crippen LogP contribution >= 0.6 is 11.6 Å². The Morgan fingerprint density at radius 1 is 1.29 bits per heavy atom. The summed E-state index contributed by atoms with van der Waals surface area (Å²) in [7, 11) is 2.09. The number of halogens is 1. The molecule has 3 nitrogen and oxygen atoms in total. The summed E-state index contributed by atoms with van der Waals surface area (Å²) in [6.45, 7) is 2.29. The number of hydrogen-bond donors (Lipinski definition) is 0. The number of hydrogen-bond acceptors (Lipinski definition) is 3. The van der Waals surface area contributed by atoms with Crippen molar-refractivity contribution in [1.82, 2.24) is 9.97 Å². The van der Waals surface area contributed by atoms with Crippen LogP contribution in [0.4, 0.5) is 5.82 Å². The maximum Gasteiger partial charge on any atom is 0.149 e. The SMILES string of the molecule is CCC1CCC(N(C)c2cncc(Cl)n2)CC1. The first-order valence-electron chi connectivity index (χ1n) is 6.41. The molecule has 0 aliphatic heterocycles. The summed E-state index contributed by atoms with van der Waals surface area (Å²) in [6.07, 6.45) is 9.85. The van der Waals surface area contributed by atoms with E-state index in [1.165, 1.54) is 32.1 Å². The van der Waals surface area contributed by atoms with Gasteiger partial charge in [0.05, 0.1) is 12.4 Å². The summed E-state index contributed by atoms with van der Waals surface area (Å²) in [5.41, 5.74) is 0. The fourth-order valence-electron chi connectivity index (χ4n) is 2.63. The molecule has 0 spiro atoms. The molecule has 0 radical (unpaired) electrons. The highest BCUT2D eigenvalue weighted by Crippen LogP contribution is 2.30. The van der Waals surface area contributed by atoms with Crippen molar-refractivity contribution >= 4 is 17.4 Å². The van der Waals surface area contributed by atoms with E-state index in [4.69, 9.17) is 11.6 Å². The minimum Gasteiger partial charge on any atom is -0.355 e. The molecule has 1 heterocycles. The Labute approximate surface area is 108 Å². The second-order valence-electron chi connectivity index (χ2n) is 4.89. The van der Waals surface area contributed by atoms with Gasteiger partial charge in [0.15, 0.2) is 0 Å². The van der Waals surface area contributed by atoms with Gasteiger partial charge >= 0.3 is 0 Å². The van der Waals surface area contributed by atoms with Crippen molar-refractivity contribution in [3.8, 4) is 0 Å². The molecule has 0 saturated heterocycles. The van der Waals surface area contributed by atoms with Gasteiger partial charge in [-0.25, -0.2) is 4.98 Å². The maximum atomic E-state index is 5.87. The highest BCUT2D eigenvalue weighted by molar-refractivity contribution is 6.29. The Morgan fingerprint density at radius 3 is 2.59 bits per heavy atom. The molecule has 1 fully saturated rings. The Bertz CT molecular complexity index is 361. The van der Waals surface area contributed by atoms with Crippen LogP contribution in [0.2, 0.25) is 5.15 Å². The van der Waals surface area contributed by atoms with Crippen molar-refractivity contribution < 1.29 is 0 Å². The highest BCUT2D eigenvalue weighted by Gasteiger charge is 2.23. The van der Waals surface area contributed by atoms with Crippen LogP contribution in [0, 0.1) is 5.92 Å². The van der Waals surface area contributed by atoms with E-state index in [2.05, 4.69) is 28.8 Å². The van der Waals surface area contributed by atoms with Crippen molar-refractivity contribution in [3.63, 3.8) is 0 Å². The molecule has 0 unspecified atom stereocenters. The number of nitrogens with zero attached hydrogens (tertiary/aromatic N) is 3. The lowest BCUT2D eigenvalue weighted by molar-refractivity contribution is 0.313. The lowest BCUT2D eigenvalue weighted by Gasteiger charge is -2.34. The first kappa shape index (κ1) is 12.6. The summed E-state index contributed by atoms with van der Waals surface area (Å²) in [5.74, 6) is 1.81. The molecule has 1 aliphatic carbocycles. The van der Waals surface area contributed by atoms with E-state index in [0.29, 0.717) is 11.2 Å². The van der Waals surface area contributed by atoms with Crippen LogP contribution in [-0.4, -0.2) is 23.1 Å². The van der Waals surface area contributed by atoms with E-state index in [1.807, 2.05) is 0 Å². The van der Waals surface area contributed by atoms with Crippen molar-refractivity contribution in [3.05, 3.63) is 17.5 Å². The predicted molar refractivity (Wildman–Crippen MR) is 71.5 cm³/mol. The summed E-state index contributed by atoms with van der Waals surface area (Å²) in [4.78, 5) is 10.6. The Morgan fingerprint density at radius 2 is 2.00 bits per heavy atom. The van der Waals surface area contributed by atoms with Gasteiger partial charge in [-0.1, -0.05) is 24.9 Å². The monoisotopic (exact) mass is 253 g/mol. The second kappa shape index (κ2) is 5.67. The molecule has 2 rings (SSSR count). The van der Waals surface area contributed by atoms with Crippen molar-refractivity contribution in [2.24, 2.45) is 5.92 Å². The number of anilines is 1. The van der Waals surface area contributed by atoms with E-state index in [9.17, 15) is 0 Å². The molecular formula is C13H20ClN3. The molecule has 1 aliphatic rings. The number of aromatic nitrogens is 2. The Kier molecular flexibility index (Phi) is 4.21. The zero-order valence-electron chi connectivity index (χ0n) is 10.6. The fraction of sp³-hybridized carbons (Fsp3) is 0.692. The van der Waals surface area contributed by atoms with Crippen LogP contribution in [0.5, 0.6) is 0 Å². The van der Waals surface area contributed by atoms with Gasteiger partial charge in [0.2, 0.25) is 0 Å². The van der Waals surface area contributed by atoms with Gasteiger partial charge < -0.3 is 4.90 Å². The summed E-state index contributed by atoms with van der Waals surface area (Å²) in [5, 5.41) is 0.469.